The highest BCUT2D eigenvalue weighted by atomic mass is 36.0. The zero-order chi connectivity index (χ0) is 42.3. The van der Waals surface area contributed by atoms with E-state index in [2.05, 4.69) is 68.6 Å². The number of H-pyrrole nitrogens is 1. The molecule has 0 spiro atoms. The number of nitrogens with zero attached hydrogens (tertiary/aromatic N) is 6. The molecular weight excluding hydrogens is 845 g/mol. The molecule has 19 nitrogen and oxygen atoms in total. The van der Waals surface area contributed by atoms with Gasteiger partial charge in [-0.25, -0.2) is 33.4 Å². The van der Waals surface area contributed by atoms with E-state index < -0.39 is 23.1 Å². The third kappa shape index (κ3) is 18.6. The topological polar surface area (TPSA) is 251 Å². The highest BCUT2D eigenvalue weighted by molar-refractivity contribution is 8.24. The average molecular weight is 884 g/mol. The van der Waals surface area contributed by atoms with Gasteiger partial charge >= 0.3 is 29.1 Å². The van der Waals surface area contributed by atoms with E-state index in [1.165, 1.54) is 46.2 Å². The summed E-state index contributed by atoms with van der Waals surface area (Å²) in [7, 11) is 0. The van der Waals surface area contributed by atoms with E-state index in [-0.39, 0.29) is 29.6 Å². The summed E-state index contributed by atoms with van der Waals surface area (Å²) in [6.45, 7) is 10.7. The lowest BCUT2D eigenvalue weighted by Crippen LogP contribution is -2.14. The fourth-order valence-electron chi connectivity index (χ4n) is 3.71. The number of carbonyl (C=O) groups is 5. The van der Waals surface area contributed by atoms with Gasteiger partial charge < -0.3 is 29.4 Å². The molecule has 0 fully saturated rings. The summed E-state index contributed by atoms with van der Waals surface area (Å²) < 4.78 is 36.3. The lowest BCUT2D eigenvalue weighted by Gasteiger charge is -2.07. The van der Waals surface area contributed by atoms with Crippen LogP contribution >= 0.6 is 50.5 Å². The Hall–Kier alpha value is -4.94. The number of ether oxygens (including phenoxy) is 5. The first kappa shape index (κ1) is 49.1. The van der Waals surface area contributed by atoms with Crippen molar-refractivity contribution in [2.45, 2.75) is 41.0 Å². The number of aromatic nitrogens is 7. The molecule has 0 atom stereocenters. The van der Waals surface area contributed by atoms with Gasteiger partial charge in [0.25, 0.3) is 0 Å². The molecule has 24 heteroatoms. The molecule has 1 aliphatic rings. The molecule has 0 aliphatic carbocycles. The van der Waals surface area contributed by atoms with Crippen molar-refractivity contribution in [1.29, 1.82) is 0 Å². The number of allylic oxidation sites excluding steroid dienone is 1. The molecule has 0 radical (unpaired) electrons. The van der Waals surface area contributed by atoms with Crippen LogP contribution in [0.2, 0.25) is 5.15 Å². The maximum atomic E-state index is 11.5. The minimum absolute atomic E-state index is 0.0338. The summed E-state index contributed by atoms with van der Waals surface area (Å²) in [6, 6.07) is 1.59. The summed E-state index contributed by atoms with van der Waals surface area (Å²) >= 11 is 19.6. The van der Waals surface area contributed by atoms with E-state index in [4.69, 9.17) is 31.5 Å². The van der Waals surface area contributed by atoms with E-state index in [1.807, 2.05) is 6.92 Å². The van der Waals surface area contributed by atoms with Crippen LogP contribution in [0.1, 0.15) is 71.4 Å². The summed E-state index contributed by atoms with van der Waals surface area (Å²) in [4.78, 5) is 59.6. The SMILES string of the molecule is CCO/C=C/C(=O)OCC.CCOC(=O)c1cn[nH]c1N.CCOC(=O)c1cnn2c1CC(=O)C=C2.CCOC(=O)c1cnn2ccc(Cl)nc12.O=P(Cl)(Cl)Cl. The van der Waals surface area contributed by atoms with Crippen LogP contribution in [0.15, 0.2) is 49.3 Å². The number of hydrogen-bond donors (Lipinski definition) is 2. The number of rotatable bonds is 10. The van der Waals surface area contributed by atoms with Crippen LogP contribution in [0.4, 0.5) is 5.82 Å². The molecule has 3 N–H and O–H groups in total. The van der Waals surface area contributed by atoms with E-state index in [9.17, 15) is 28.5 Å². The van der Waals surface area contributed by atoms with Gasteiger partial charge in [0.1, 0.15) is 27.7 Å². The van der Waals surface area contributed by atoms with Crippen LogP contribution in [0, 0.1) is 0 Å². The van der Waals surface area contributed by atoms with Crippen molar-refractivity contribution in [2.75, 3.05) is 38.8 Å². The predicted octanol–water partition coefficient (Wildman–Crippen LogP) is 6.29. The first-order valence-corrected chi connectivity index (χ1v) is 21.0. The number of nitrogens with two attached hydrogens (primary N) is 1. The molecule has 5 rings (SSSR count). The highest BCUT2D eigenvalue weighted by Crippen LogP contribution is 2.61. The van der Waals surface area contributed by atoms with Gasteiger partial charge in [0, 0.05) is 12.4 Å². The van der Waals surface area contributed by atoms with Crippen LogP contribution in [-0.4, -0.2) is 97.3 Å². The third-order valence-electron chi connectivity index (χ3n) is 5.89. The Balaban J connectivity index is 0.000000364. The second-order valence-corrected chi connectivity index (χ2v) is 16.8. The van der Waals surface area contributed by atoms with E-state index in [0.717, 1.165) is 0 Å². The number of halogens is 4. The minimum atomic E-state index is -3.22. The smallest absolute Gasteiger partial charge is 0.343 e. The lowest BCUT2D eigenvalue weighted by molar-refractivity contribution is -0.137. The minimum Gasteiger partial charge on any atom is -0.501 e. The van der Waals surface area contributed by atoms with Gasteiger partial charge in [-0.3, -0.25) is 14.5 Å². The van der Waals surface area contributed by atoms with E-state index in [1.54, 1.807) is 46.2 Å². The molecule has 1 aliphatic heterocycles. The summed E-state index contributed by atoms with van der Waals surface area (Å²) in [5.74, 6) is -1.48. The second-order valence-electron chi connectivity index (χ2n) is 9.75. The van der Waals surface area contributed by atoms with Crippen molar-refractivity contribution in [3.05, 3.63) is 76.8 Å². The van der Waals surface area contributed by atoms with Gasteiger partial charge in [-0.2, -0.15) is 15.3 Å². The summed E-state index contributed by atoms with van der Waals surface area (Å²) in [5.41, 5.74) is 7.33. The van der Waals surface area contributed by atoms with E-state index in [0.29, 0.717) is 60.7 Å². The standard InChI is InChI=1S/C10H10N2O3.C9H8ClN3O2.C7H12O3.C6H9N3O2.Cl3OP/c1-2-15-10(14)8-6-11-12-4-3-7(13)5-9(8)12;1-2-15-9(14)6-5-11-13-4-3-7(10)12-8(6)13;1-3-9-6-5-7(8)10-4-2;1-2-11-6(10)4-3-8-9-5(4)7;1-5(2,3)4/h3-4,6H,2,5H2,1H3;3-5H,2H2,1H3;5-6H,3-4H2,1-2H3;3H,2H2,1H3,(H3,7,8,9);/b;;6-5+;;. The quantitative estimate of drug-likeness (QED) is 0.0443. The molecule has 0 amide bonds. The van der Waals surface area contributed by atoms with Gasteiger partial charge in [-0.05, 0) is 80.5 Å². The Bertz CT molecular complexity index is 2000. The second kappa shape index (κ2) is 26.0. The van der Waals surface area contributed by atoms with Crippen LogP contribution in [0.3, 0.4) is 0 Å². The molecular formula is C32H39Cl4N8O11P. The third-order valence-corrected chi connectivity index (χ3v) is 6.10. The molecule has 0 bridgehead atoms. The van der Waals surface area contributed by atoms with E-state index >= 15 is 0 Å². The Kier molecular flexibility index (Phi) is 22.8. The maximum absolute atomic E-state index is 11.5. The molecule has 4 aromatic heterocycles. The van der Waals surface area contributed by atoms with Gasteiger partial charge in [0.15, 0.2) is 11.4 Å². The Morgan fingerprint density at radius 1 is 0.857 bits per heavy atom. The molecule has 306 valence electrons. The molecule has 0 saturated carbocycles. The number of esters is 4. The Morgan fingerprint density at radius 3 is 1.95 bits per heavy atom. The number of carbonyl (C=O) groups excluding carboxylic acids is 5. The van der Waals surface area contributed by atoms with Gasteiger partial charge in [0.05, 0.1) is 76.1 Å². The zero-order valence-corrected chi connectivity index (χ0v) is 34.6. The fourth-order valence-corrected chi connectivity index (χ4v) is 3.84. The van der Waals surface area contributed by atoms with Gasteiger partial charge in [0.2, 0.25) is 0 Å². The van der Waals surface area contributed by atoms with Crippen molar-refractivity contribution < 1.29 is 52.2 Å². The van der Waals surface area contributed by atoms with Crippen LogP contribution < -0.4 is 5.73 Å². The summed E-state index contributed by atoms with van der Waals surface area (Å²) in [5, 5.41) is 11.0. The first-order valence-electron chi connectivity index (χ1n) is 16.2. The molecule has 0 saturated heterocycles. The van der Waals surface area contributed by atoms with Crippen molar-refractivity contribution in [2.24, 2.45) is 0 Å². The molecule has 5 heterocycles. The molecule has 0 aromatic carbocycles. The molecule has 56 heavy (non-hydrogen) atoms. The van der Waals surface area contributed by atoms with Crippen LogP contribution in [-0.2, 0) is 44.3 Å². The van der Waals surface area contributed by atoms with Gasteiger partial charge in [-0.15, -0.1) is 0 Å². The number of anilines is 1. The number of nitrogen functional groups attached to an aromatic ring is 1. The fraction of sp³-hybridized carbons (Fsp3) is 0.344. The van der Waals surface area contributed by atoms with Gasteiger partial charge in [-0.1, -0.05) is 11.6 Å². The van der Waals surface area contributed by atoms with Crippen molar-refractivity contribution >= 4 is 97.8 Å². The van der Waals surface area contributed by atoms with Crippen molar-refractivity contribution in [3.8, 4) is 0 Å². The normalized spacial score (nSPS) is 11.2. The molecule has 4 aromatic rings. The van der Waals surface area contributed by atoms with Crippen molar-refractivity contribution in [3.63, 3.8) is 0 Å². The monoisotopic (exact) mass is 882 g/mol. The number of fused-ring (bicyclic) bond motifs is 2. The summed E-state index contributed by atoms with van der Waals surface area (Å²) in [6.07, 6.45) is 11.6. The Morgan fingerprint density at radius 2 is 1.41 bits per heavy atom. The predicted molar refractivity (Wildman–Crippen MR) is 208 cm³/mol. The number of aromatic amines is 1. The highest BCUT2D eigenvalue weighted by Gasteiger charge is 2.21. The van der Waals surface area contributed by atoms with Crippen LogP contribution in [0.25, 0.3) is 11.8 Å². The average Bonchev–Trinajstić information content (AvgIpc) is 3.87. The van der Waals surface area contributed by atoms with Crippen molar-refractivity contribution in [1.82, 2.24) is 34.6 Å². The largest absolute Gasteiger partial charge is 0.501 e. The number of nitrogens with one attached hydrogen (secondary N) is 1. The first-order chi connectivity index (χ1) is 26.5. The number of ketones is 1. The molecule has 0 unspecified atom stereocenters. The Labute approximate surface area is 340 Å². The lowest BCUT2D eigenvalue weighted by atomic mass is 10.1. The maximum Gasteiger partial charge on any atom is 0.343 e. The zero-order valence-electron chi connectivity index (χ0n) is 30.6. The number of hydrogen-bond acceptors (Lipinski definition) is 16. The van der Waals surface area contributed by atoms with Crippen LogP contribution in [0.5, 0.6) is 0 Å².